The highest BCUT2D eigenvalue weighted by Crippen LogP contribution is 2.36. The van der Waals surface area contributed by atoms with Crippen LogP contribution in [0.2, 0.25) is 0 Å². The molecule has 2 aromatic rings. The second kappa shape index (κ2) is 8.14. The van der Waals surface area contributed by atoms with E-state index in [2.05, 4.69) is 11.8 Å². The van der Waals surface area contributed by atoms with Crippen LogP contribution in [0.1, 0.15) is 55.0 Å². The molecule has 0 saturated carbocycles. The Morgan fingerprint density at radius 1 is 1.20 bits per heavy atom. The smallest absolute Gasteiger partial charge is 0.224 e. The number of rotatable bonds is 4. The lowest BCUT2D eigenvalue weighted by atomic mass is 9.82. The summed E-state index contributed by atoms with van der Waals surface area (Å²) in [6, 6.07) is 14.2. The molecule has 2 aromatic carbocycles. The standard InChI is InChI=1S/C25H32N2O3/c1-17-6-4-5-7-22(17)25(30)10-12-26(13-11-25)16-24(29)20-8-9-23-21(15-20)14-18(2)27(23)19(3)28/h4-9,15,18,24,29-30H,10-14,16H2,1-3H3/t18-,24-/m1/s1. The van der Waals surface area contributed by atoms with Crippen molar-refractivity contribution in [2.75, 3.05) is 24.5 Å². The van der Waals surface area contributed by atoms with E-state index in [-0.39, 0.29) is 11.9 Å². The minimum atomic E-state index is -0.785. The van der Waals surface area contributed by atoms with Crippen molar-refractivity contribution in [3.63, 3.8) is 0 Å². The van der Waals surface area contributed by atoms with E-state index in [1.807, 2.05) is 54.3 Å². The maximum absolute atomic E-state index is 11.9. The highest BCUT2D eigenvalue weighted by Gasteiger charge is 2.35. The fourth-order valence-electron chi connectivity index (χ4n) is 5.16. The lowest BCUT2D eigenvalue weighted by Crippen LogP contribution is -2.44. The summed E-state index contributed by atoms with van der Waals surface area (Å²) < 4.78 is 0. The Morgan fingerprint density at radius 3 is 2.57 bits per heavy atom. The molecular weight excluding hydrogens is 376 g/mol. The van der Waals surface area contributed by atoms with E-state index < -0.39 is 11.7 Å². The number of nitrogens with zero attached hydrogens (tertiary/aromatic N) is 2. The Kier molecular flexibility index (Phi) is 5.71. The zero-order valence-electron chi connectivity index (χ0n) is 18.1. The SMILES string of the molecule is CC(=O)N1c2ccc([C@H](O)CN3CCC(O)(c4ccccc4C)CC3)cc2C[C@H]1C. The van der Waals surface area contributed by atoms with Gasteiger partial charge in [-0.1, -0.05) is 36.4 Å². The van der Waals surface area contributed by atoms with E-state index in [0.717, 1.165) is 47.5 Å². The van der Waals surface area contributed by atoms with E-state index in [9.17, 15) is 15.0 Å². The topological polar surface area (TPSA) is 64.0 Å². The minimum Gasteiger partial charge on any atom is -0.387 e. The van der Waals surface area contributed by atoms with Crippen molar-refractivity contribution < 1.29 is 15.0 Å². The molecule has 0 unspecified atom stereocenters. The molecule has 2 aliphatic rings. The number of hydrogen-bond donors (Lipinski definition) is 2. The van der Waals surface area contributed by atoms with Gasteiger partial charge in [-0.05, 0) is 61.4 Å². The number of likely N-dealkylation sites (tertiary alicyclic amines) is 1. The van der Waals surface area contributed by atoms with Gasteiger partial charge in [0.05, 0.1) is 11.7 Å². The number of fused-ring (bicyclic) bond motifs is 1. The van der Waals surface area contributed by atoms with Crippen LogP contribution in [0.4, 0.5) is 5.69 Å². The van der Waals surface area contributed by atoms with Crippen molar-refractivity contribution in [2.45, 2.75) is 57.8 Å². The Morgan fingerprint density at radius 2 is 1.90 bits per heavy atom. The maximum Gasteiger partial charge on any atom is 0.224 e. The number of hydrogen-bond acceptors (Lipinski definition) is 4. The Hall–Kier alpha value is -2.21. The van der Waals surface area contributed by atoms with Crippen molar-refractivity contribution in [3.05, 3.63) is 64.7 Å². The number of amides is 1. The normalized spacial score (nSPS) is 22.0. The molecule has 5 heteroatoms. The second-order valence-electron chi connectivity index (χ2n) is 8.99. The van der Waals surface area contributed by atoms with Crippen LogP contribution in [0.5, 0.6) is 0 Å². The number of anilines is 1. The minimum absolute atomic E-state index is 0.0593. The first-order chi connectivity index (χ1) is 14.3. The van der Waals surface area contributed by atoms with Gasteiger partial charge >= 0.3 is 0 Å². The molecule has 2 atom stereocenters. The molecule has 0 aliphatic carbocycles. The molecule has 5 nitrogen and oxygen atoms in total. The third-order valence-corrected chi connectivity index (χ3v) is 6.80. The summed E-state index contributed by atoms with van der Waals surface area (Å²) in [4.78, 5) is 16.0. The van der Waals surface area contributed by atoms with E-state index >= 15 is 0 Å². The van der Waals surface area contributed by atoms with Gasteiger partial charge in [0.15, 0.2) is 0 Å². The monoisotopic (exact) mass is 408 g/mol. The van der Waals surface area contributed by atoms with Gasteiger partial charge in [-0.15, -0.1) is 0 Å². The summed E-state index contributed by atoms with van der Waals surface area (Å²) in [5.41, 5.74) is 4.35. The summed E-state index contributed by atoms with van der Waals surface area (Å²) in [7, 11) is 0. The zero-order chi connectivity index (χ0) is 21.5. The zero-order valence-corrected chi connectivity index (χ0v) is 18.1. The predicted molar refractivity (Wildman–Crippen MR) is 118 cm³/mol. The Balaban J connectivity index is 1.40. The number of carbonyl (C=O) groups excluding carboxylic acids is 1. The number of piperidine rings is 1. The maximum atomic E-state index is 11.9. The number of β-amino-alcohol motifs (C(OH)–C–C–N with tert-alkyl or cyclic N) is 1. The quantitative estimate of drug-likeness (QED) is 0.815. The van der Waals surface area contributed by atoms with Gasteiger partial charge < -0.3 is 20.0 Å². The summed E-state index contributed by atoms with van der Waals surface area (Å²) in [5, 5.41) is 22.0. The van der Waals surface area contributed by atoms with Gasteiger partial charge in [0, 0.05) is 38.3 Å². The molecular formula is C25H32N2O3. The molecule has 160 valence electrons. The first kappa shape index (κ1) is 21.0. The average Bonchev–Trinajstić information content (AvgIpc) is 3.05. The van der Waals surface area contributed by atoms with Gasteiger partial charge in [0.2, 0.25) is 5.91 Å². The number of benzene rings is 2. The predicted octanol–water partition coefficient (Wildman–Crippen LogP) is 3.31. The first-order valence-electron chi connectivity index (χ1n) is 10.9. The largest absolute Gasteiger partial charge is 0.387 e. The van der Waals surface area contributed by atoms with Crippen molar-refractivity contribution in [1.29, 1.82) is 0 Å². The third kappa shape index (κ3) is 3.89. The molecule has 2 heterocycles. The Bertz CT molecular complexity index is 934. The molecule has 0 aromatic heterocycles. The summed E-state index contributed by atoms with van der Waals surface area (Å²) in [5.74, 6) is 0.0593. The van der Waals surface area contributed by atoms with Crippen molar-refractivity contribution in [1.82, 2.24) is 4.90 Å². The molecule has 0 radical (unpaired) electrons. The highest BCUT2D eigenvalue weighted by molar-refractivity contribution is 5.94. The summed E-state index contributed by atoms with van der Waals surface area (Å²) in [6.07, 6.45) is 1.57. The average molecular weight is 409 g/mol. The van der Waals surface area contributed by atoms with E-state index in [0.29, 0.717) is 19.4 Å². The van der Waals surface area contributed by atoms with E-state index in [1.165, 1.54) is 0 Å². The van der Waals surface area contributed by atoms with Gasteiger partial charge in [-0.25, -0.2) is 0 Å². The number of aliphatic hydroxyl groups excluding tert-OH is 1. The van der Waals surface area contributed by atoms with Gasteiger partial charge in [-0.3, -0.25) is 4.79 Å². The first-order valence-corrected chi connectivity index (χ1v) is 10.9. The molecule has 0 bridgehead atoms. The summed E-state index contributed by atoms with van der Waals surface area (Å²) >= 11 is 0. The molecule has 1 fully saturated rings. The van der Waals surface area contributed by atoms with Crippen LogP contribution < -0.4 is 4.90 Å². The van der Waals surface area contributed by atoms with Crippen LogP contribution in [0.25, 0.3) is 0 Å². The van der Waals surface area contributed by atoms with Crippen LogP contribution in [-0.4, -0.2) is 46.7 Å². The van der Waals surface area contributed by atoms with Crippen LogP contribution in [0.15, 0.2) is 42.5 Å². The fourth-order valence-corrected chi connectivity index (χ4v) is 5.16. The summed E-state index contributed by atoms with van der Waals surface area (Å²) in [6.45, 7) is 7.76. The molecule has 1 amide bonds. The number of aryl methyl sites for hydroxylation is 1. The molecule has 2 aliphatic heterocycles. The lowest BCUT2D eigenvalue weighted by molar-refractivity contribution is -0.116. The van der Waals surface area contributed by atoms with Crippen molar-refractivity contribution >= 4 is 11.6 Å². The van der Waals surface area contributed by atoms with Crippen LogP contribution in [0.3, 0.4) is 0 Å². The molecule has 1 saturated heterocycles. The second-order valence-corrected chi connectivity index (χ2v) is 8.99. The molecule has 30 heavy (non-hydrogen) atoms. The lowest BCUT2D eigenvalue weighted by Gasteiger charge is -2.40. The molecule has 4 rings (SSSR count). The number of carbonyl (C=O) groups is 1. The van der Waals surface area contributed by atoms with Crippen molar-refractivity contribution in [3.8, 4) is 0 Å². The third-order valence-electron chi connectivity index (χ3n) is 6.80. The van der Waals surface area contributed by atoms with E-state index in [4.69, 9.17) is 0 Å². The fraction of sp³-hybridized carbons (Fsp3) is 0.480. The van der Waals surface area contributed by atoms with Crippen LogP contribution >= 0.6 is 0 Å². The van der Waals surface area contributed by atoms with Crippen LogP contribution in [0, 0.1) is 6.92 Å². The van der Waals surface area contributed by atoms with Crippen LogP contribution in [-0.2, 0) is 16.8 Å². The molecule has 0 spiro atoms. The molecule has 2 N–H and O–H groups in total. The Labute approximate surface area is 178 Å². The van der Waals surface area contributed by atoms with Gasteiger partial charge in [-0.2, -0.15) is 0 Å². The van der Waals surface area contributed by atoms with Gasteiger partial charge in [0.25, 0.3) is 0 Å². The van der Waals surface area contributed by atoms with E-state index in [1.54, 1.807) is 6.92 Å². The number of aliphatic hydroxyl groups is 2. The van der Waals surface area contributed by atoms with Gasteiger partial charge in [0.1, 0.15) is 0 Å². The highest BCUT2D eigenvalue weighted by atomic mass is 16.3. The van der Waals surface area contributed by atoms with Crippen molar-refractivity contribution in [2.24, 2.45) is 0 Å².